The number of aromatic nitrogens is 2. The predicted octanol–water partition coefficient (Wildman–Crippen LogP) is -0.717. The molecule has 8 nitrogen and oxygen atoms in total. The molecule has 2 saturated heterocycles. The number of ether oxygens (including phenoxy) is 2. The van der Waals surface area contributed by atoms with Crippen LogP contribution in [0, 0.1) is 0 Å². The maximum absolute atomic E-state index is 11.9. The number of hydrogen-bond donors (Lipinski definition) is 0. The largest absolute Gasteiger partial charge is 0.377 e. The lowest BCUT2D eigenvalue weighted by Gasteiger charge is -2.42. The summed E-state index contributed by atoms with van der Waals surface area (Å²) < 4.78 is 38.7. The molecule has 9 heteroatoms. The average molecular weight is 344 g/mol. The van der Waals surface area contributed by atoms with Crippen LogP contribution in [-0.2, 0) is 33.1 Å². The van der Waals surface area contributed by atoms with Crippen LogP contribution < -0.4 is 0 Å². The van der Waals surface area contributed by atoms with Gasteiger partial charge in [0.1, 0.15) is 5.60 Å². The highest BCUT2D eigenvalue weighted by Crippen LogP contribution is 2.24. The van der Waals surface area contributed by atoms with Gasteiger partial charge in [-0.2, -0.15) is 9.40 Å². The molecule has 2 fully saturated rings. The van der Waals surface area contributed by atoms with Gasteiger partial charge in [0, 0.05) is 51.5 Å². The molecule has 2 aliphatic heterocycles. The molecule has 0 N–H and O–H groups in total. The molecule has 0 radical (unpaired) electrons. The Morgan fingerprint density at radius 1 is 1.30 bits per heavy atom. The van der Waals surface area contributed by atoms with Gasteiger partial charge in [-0.05, 0) is 0 Å². The number of sulfonamides is 1. The molecule has 2 aliphatic rings. The lowest BCUT2D eigenvalue weighted by molar-refractivity contribution is -0.139. The lowest BCUT2D eigenvalue weighted by Crippen LogP contribution is -2.58. The van der Waals surface area contributed by atoms with Crippen LogP contribution in [0.3, 0.4) is 0 Å². The van der Waals surface area contributed by atoms with Gasteiger partial charge in [-0.25, -0.2) is 8.42 Å². The first-order valence-electron chi connectivity index (χ1n) is 7.73. The van der Waals surface area contributed by atoms with Crippen molar-refractivity contribution in [3.63, 3.8) is 0 Å². The maximum atomic E-state index is 11.9. The van der Waals surface area contributed by atoms with E-state index in [0.29, 0.717) is 39.5 Å². The van der Waals surface area contributed by atoms with Crippen molar-refractivity contribution in [3.8, 4) is 0 Å². The smallest absolute Gasteiger partial charge is 0.211 e. The third-order valence-corrected chi connectivity index (χ3v) is 5.53. The summed E-state index contributed by atoms with van der Waals surface area (Å²) in [5, 5.41) is 4.19. The monoisotopic (exact) mass is 344 g/mol. The molecule has 1 unspecified atom stereocenters. The minimum Gasteiger partial charge on any atom is -0.377 e. The Labute approximate surface area is 137 Å². The summed E-state index contributed by atoms with van der Waals surface area (Å²) in [5.74, 6) is 0. The van der Waals surface area contributed by atoms with Crippen molar-refractivity contribution in [1.29, 1.82) is 0 Å². The molecule has 0 bridgehead atoms. The number of rotatable bonds is 3. The van der Waals surface area contributed by atoms with Crippen molar-refractivity contribution in [2.75, 3.05) is 52.3 Å². The van der Waals surface area contributed by atoms with Gasteiger partial charge < -0.3 is 9.47 Å². The maximum Gasteiger partial charge on any atom is 0.211 e. The second-order valence-corrected chi connectivity index (χ2v) is 8.40. The highest BCUT2D eigenvalue weighted by molar-refractivity contribution is 7.88. The SMILES string of the molecule is Cn1cc(CN2CCOC3(COCCN(S(C)(=O)=O)C3)C2)cn1. The lowest BCUT2D eigenvalue weighted by atomic mass is 10.0. The fourth-order valence-electron chi connectivity index (χ4n) is 3.21. The van der Waals surface area contributed by atoms with Crippen molar-refractivity contribution in [2.24, 2.45) is 7.05 Å². The Hall–Kier alpha value is -1.00. The first-order chi connectivity index (χ1) is 10.9. The molecule has 23 heavy (non-hydrogen) atoms. The van der Waals surface area contributed by atoms with Crippen LogP contribution in [0.2, 0.25) is 0 Å². The van der Waals surface area contributed by atoms with Crippen LogP contribution in [0.25, 0.3) is 0 Å². The molecule has 1 spiro atoms. The van der Waals surface area contributed by atoms with E-state index >= 15 is 0 Å². The molecule has 0 amide bonds. The molecule has 130 valence electrons. The van der Waals surface area contributed by atoms with Gasteiger partial charge in [-0.1, -0.05) is 0 Å². The Morgan fingerprint density at radius 2 is 2.13 bits per heavy atom. The zero-order valence-electron chi connectivity index (χ0n) is 13.6. The summed E-state index contributed by atoms with van der Waals surface area (Å²) in [6.07, 6.45) is 5.09. The minimum absolute atomic E-state index is 0.343. The Balaban J connectivity index is 1.72. The van der Waals surface area contributed by atoms with Crippen LogP contribution in [-0.4, -0.2) is 85.3 Å². The fourth-order valence-corrected chi connectivity index (χ4v) is 4.08. The normalized spacial score (nSPS) is 28.1. The summed E-state index contributed by atoms with van der Waals surface area (Å²) in [4.78, 5) is 2.27. The van der Waals surface area contributed by atoms with Crippen molar-refractivity contribution in [2.45, 2.75) is 12.1 Å². The summed E-state index contributed by atoms with van der Waals surface area (Å²) in [5.41, 5.74) is 0.541. The van der Waals surface area contributed by atoms with Gasteiger partial charge in [-0.15, -0.1) is 0 Å². The quantitative estimate of drug-likeness (QED) is 0.720. The third-order valence-electron chi connectivity index (χ3n) is 4.28. The van der Waals surface area contributed by atoms with E-state index in [-0.39, 0.29) is 0 Å². The Bertz CT molecular complexity index is 647. The second-order valence-electron chi connectivity index (χ2n) is 6.41. The summed E-state index contributed by atoms with van der Waals surface area (Å²) in [6.45, 7) is 4.35. The van der Waals surface area contributed by atoms with E-state index in [1.54, 1.807) is 4.68 Å². The van der Waals surface area contributed by atoms with E-state index in [2.05, 4.69) is 10.00 Å². The molecule has 0 aromatic carbocycles. The third kappa shape index (κ3) is 4.10. The van der Waals surface area contributed by atoms with Gasteiger partial charge in [0.15, 0.2) is 0 Å². The molecule has 1 aromatic heterocycles. The topological polar surface area (TPSA) is 76.9 Å². The second kappa shape index (κ2) is 6.48. The number of nitrogens with zero attached hydrogens (tertiary/aromatic N) is 4. The van der Waals surface area contributed by atoms with Gasteiger partial charge >= 0.3 is 0 Å². The Kier molecular flexibility index (Phi) is 4.75. The zero-order chi connectivity index (χ0) is 16.5. The van der Waals surface area contributed by atoms with Crippen LogP contribution in [0.1, 0.15) is 5.56 Å². The Morgan fingerprint density at radius 3 is 2.83 bits per heavy atom. The molecule has 3 rings (SSSR count). The summed E-state index contributed by atoms with van der Waals surface area (Å²) in [6, 6.07) is 0. The van der Waals surface area contributed by atoms with Gasteiger partial charge in [0.2, 0.25) is 10.0 Å². The first kappa shape index (κ1) is 16.8. The van der Waals surface area contributed by atoms with Crippen LogP contribution in [0.5, 0.6) is 0 Å². The molecule has 0 saturated carbocycles. The molecule has 3 heterocycles. The molecule has 1 aromatic rings. The predicted molar refractivity (Wildman–Crippen MR) is 84.4 cm³/mol. The van der Waals surface area contributed by atoms with E-state index in [0.717, 1.165) is 18.7 Å². The van der Waals surface area contributed by atoms with E-state index in [1.165, 1.54) is 10.6 Å². The van der Waals surface area contributed by atoms with Crippen molar-refractivity contribution in [3.05, 3.63) is 18.0 Å². The standard InChI is InChI=1S/C14H24N4O4S/c1-16-8-13(7-15-16)9-17-3-6-22-14(10-17)11-18(23(2,19)20)4-5-21-12-14/h7-8H,3-6,9-12H2,1-2H3. The van der Waals surface area contributed by atoms with E-state index in [1.807, 2.05) is 19.4 Å². The molecular weight excluding hydrogens is 320 g/mol. The minimum atomic E-state index is -3.26. The van der Waals surface area contributed by atoms with E-state index < -0.39 is 15.6 Å². The van der Waals surface area contributed by atoms with Crippen LogP contribution in [0.4, 0.5) is 0 Å². The van der Waals surface area contributed by atoms with Crippen LogP contribution in [0.15, 0.2) is 12.4 Å². The molecular formula is C14H24N4O4S. The molecule has 0 aliphatic carbocycles. The van der Waals surface area contributed by atoms with Gasteiger partial charge in [0.25, 0.3) is 0 Å². The highest BCUT2D eigenvalue weighted by Gasteiger charge is 2.42. The van der Waals surface area contributed by atoms with Crippen molar-refractivity contribution < 1.29 is 17.9 Å². The first-order valence-corrected chi connectivity index (χ1v) is 9.58. The fraction of sp³-hybridized carbons (Fsp3) is 0.786. The highest BCUT2D eigenvalue weighted by atomic mass is 32.2. The van der Waals surface area contributed by atoms with Crippen molar-refractivity contribution >= 4 is 10.0 Å². The summed E-state index contributed by atoms with van der Waals surface area (Å²) in [7, 11) is -1.36. The molecule has 1 atom stereocenters. The number of morpholine rings is 1. The van der Waals surface area contributed by atoms with Gasteiger partial charge in [-0.3, -0.25) is 9.58 Å². The van der Waals surface area contributed by atoms with E-state index in [4.69, 9.17) is 9.47 Å². The van der Waals surface area contributed by atoms with Crippen molar-refractivity contribution in [1.82, 2.24) is 19.0 Å². The van der Waals surface area contributed by atoms with Crippen LogP contribution >= 0.6 is 0 Å². The average Bonchev–Trinajstić information content (AvgIpc) is 2.75. The zero-order valence-corrected chi connectivity index (χ0v) is 14.5. The number of hydrogen-bond acceptors (Lipinski definition) is 6. The number of aryl methyl sites for hydroxylation is 1. The van der Waals surface area contributed by atoms with E-state index in [9.17, 15) is 8.42 Å². The summed E-state index contributed by atoms with van der Waals surface area (Å²) >= 11 is 0. The van der Waals surface area contributed by atoms with Gasteiger partial charge in [0.05, 0.1) is 32.3 Å².